The van der Waals surface area contributed by atoms with E-state index >= 15 is 0 Å². The predicted octanol–water partition coefficient (Wildman–Crippen LogP) is -5.53. The number of hydrogen-bond acceptors (Lipinski definition) is 18. The molecule has 0 amide bonds. The number of anilines is 2. The van der Waals surface area contributed by atoms with Gasteiger partial charge in [-0.2, -0.15) is 5.10 Å². The molecule has 0 spiro atoms. The van der Waals surface area contributed by atoms with Gasteiger partial charge in [-0.05, 0) is 18.2 Å². The molecular formula is C23H26N5O15+. The number of rotatable bonds is 10. The van der Waals surface area contributed by atoms with Crippen LogP contribution in [-0.4, -0.2) is 111 Å². The molecule has 2 aromatic heterocycles. The van der Waals surface area contributed by atoms with Crippen molar-refractivity contribution in [3.63, 3.8) is 0 Å². The maximum absolute atomic E-state index is 11.0. The molecule has 14 N–H and O–H groups in total. The summed E-state index contributed by atoms with van der Waals surface area (Å²) in [5, 5.41) is 130. The first-order valence-electron chi connectivity index (χ1n) is 11.6. The van der Waals surface area contributed by atoms with E-state index < -0.39 is 52.9 Å². The number of fused-ring (bicyclic) bond motifs is 1. The molecule has 43 heavy (non-hydrogen) atoms. The van der Waals surface area contributed by atoms with Gasteiger partial charge in [0.05, 0.1) is 40.4 Å². The number of nitrogens with zero attached hydrogens (tertiary/aromatic N) is 4. The molecule has 20 nitrogen and oxygen atoms in total. The number of benzene rings is 2. The van der Waals surface area contributed by atoms with Crippen molar-refractivity contribution in [3.05, 3.63) is 55.0 Å². The molecule has 0 bridgehead atoms. The van der Waals surface area contributed by atoms with Gasteiger partial charge >= 0.3 is 30.0 Å². The second-order valence-corrected chi connectivity index (χ2v) is 9.19. The van der Waals surface area contributed by atoms with Crippen molar-refractivity contribution in [1.82, 2.24) is 15.1 Å². The third kappa shape index (κ3) is 6.76. The van der Waals surface area contributed by atoms with Crippen molar-refractivity contribution >= 4 is 22.4 Å². The first-order chi connectivity index (χ1) is 19.6. The molecular weight excluding hydrogens is 586 g/mol. The van der Waals surface area contributed by atoms with Crippen LogP contribution in [0.25, 0.3) is 22.3 Å². The van der Waals surface area contributed by atoms with Crippen LogP contribution >= 0.6 is 0 Å². The van der Waals surface area contributed by atoms with Gasteiger partial charge < -0.3 is 75.9 Å². The minimum atomic E-state index is -4.66. The van der Waals surface area contributed by atoms with Gasteiger partial charge in [-0.25, -0.2) is 4.98 Å². The van der Waals surface area contributed by atoms with Gasteiger partial charge in [0.15, 0.2) is 7.05 Å². The van der Waals surface area contributed by atoms with Crippen LogP contribution in [0.4, 0.5) is 11.4 Å². The highest BCUT2D eigenvalue weighted by atomic mass is 16.9. The maximum Gasteiger partial charge on any atom is 0.453 e. The van der Waals surface area contributed by atoms with E-state index in [1.165, 1.54) is 12.3 Å². The fourth-order valence-electron chi connectivity index (χ4n) is 3.88. The number of hydrogen-bond donors (Lipinski definition) is 14. The summed E-state index contributed by atoms with van der Waals surface area (Å²) in [6.45, 7) is 0. The second kappa shape index (κ2) is 10.5. The molecule has 0 saturated heterocycles. The number of H-pyrrole nitrogens is 1. The van der Waals surface area contributed by atoms with Gasteiger partial charge in [0, 0.05) is 23.9 Å². The number of aromatic nitrogens is 4. The third-order valence-electron chi connectivity index (χ3n) is 5.72. The Morgan fingerprint density at radius 2 is 1.33 bits per heavy atom. The Labute approximate surface area is 238 Å². The highest BCUT2D eigenvalue weighted by Crippen LogP contribution is 2.42. The van der Waals surface area contributed by atoms with Crippen molar-refractivity contribution in [2.75, 3.05) is 4.90 Å². The van der Waals surface area contributed by atoms with Gasteiger partial charge in [-0.15, -0.1) is 4.68 Å². The van der Waals surface area contributed by atoms with E-state index in [1.807, 2.05) is 0 Å². The second-order valence-electron chi connectivity index (χ2n) is 9.19. The normalized spacial score (nSPS) is 13.3. The van der Waals surface area contributed by atoms with Crippen LogP contribution in [0.15, 0.2) is 55.0 Å². The lowest BCUT2D eigenvalue weighted by molar-refractivity contribution is -0.726. The summed E-state index contributed by atoms with van der Waals surface area (Å²) in [5.41, 5.74) is -0.216. The van der Waals surface area contributed by atoms with E-state index in [4.69, 9.17) is 0 Å². The van der Waals surface area contributed by atoms with Gasteiger partial charge in [-0.1, -0.05) is 0 Å². The Hall–Kier alpha value is -4.13. The predicted molar refractivity (Wildman–Crippen MR) is 133 cm³/mol. The monoisotopic (exact) mass is 612 g/mol. The van der Waals surface area contributed by atoms with Crippen molar-refractivity contribution in [1.29, 1.82) is 0 Å². The zero-order valence-corrected chi connectivity index (χ0v) is 21.6. The van der Waals surface area contributed by atoms with Crippen LogP contribution in [-0.2, 0) is 7.05 Å². The molecule has 2 heterocycles. The average molecular weight is 612 g/mol. The molecule has 0 aliphatic heterocycles. The maximum atomic E-state index is 11.0. The smallest absolute Gasteiger partial charge is 0.417 e. The highest BCUT2D eigenvalue weighted by molar-refractivity contribution is 5.83. The molecule has 4 rings (SSSR count). The molecule has 232 valence electrons. The minimum absolute atomic E-state index is 0.0217. The van der Waals surface area contributed by atoms with Crippen LogP contribution in [0.1, 0.15) is 0 Å². The molecule has 0 saturated carbocycles. The van der Waals surface area contributed by atoms with E-state index in [0.29, 0.717) is 29.5 Å². The molecule has 0 unspecified atom stereocenters. The van der Waals surface area contributed by atoms with Gasteiger partial charge in [0.25, 0.3) is 0 Å². The van der Waals surface area contributed by atoms with E-state index in [-0.39, 0.29) is 15.9 Å². The van der Waals surface area contributed by atoms with E-state index in [0.717, 1.165) is 12.1 Å². The summed E-state index contributed by atoms with van der Waals surface area (Å²) < 4.78 is 10.5. The Bertz CT molecular complexity index is 1590. The lowest BCUT2D eigenvalue weighted by atomic mass is 10.1. The SMILES string of the molecule is C[n+]1cc(-c2cnc3ccc(N(c4cc(OC(O)(O)O)cc(OC(O)(O)O)c4)C(O)(O)C(O)(O)C(O)(O)O)cc3n2)c[nH]1. The number of nitrogens with one attached hydrogen (secondary N) is 1. The van der Waals surface area contributed by atoms with E-state index in [2.05, 4.69) is 24.5 Å². The highest BCUT2D eigenvalue weighted by Gasteiger charge is 2.65. The van der Waals surface area contributed by atoms with Crippen molar-refractivity contribution in [2.45, 2.75) is 30.0 Å². The fourth-order valence-corrected chi connectivity index (χ4v) is 3.88. The molecule has 0 aliphatic rings. The Morgan fingerprint density at radius 3 is 1.81 bits per heavy atom. The summed E-state index contributed by atoms with van der Waals surface area (Å²) in [4.78, 5) is 8.72. The van der Waals surface area contributed by atoms with Crippen LogP contribution in [0.5, 0.6) is 11.5 Å². The Morgan fingerprint density at radius 1 is 0.744 bits per heavy atom. The van der Waals surface area contributed by atoms with E-state index in [1.54, 1.807) is 24.1 Å². The topological polar surface area (TPSA) is 330 Å². The first-order valence-corrected chi connectivity index (χ1v) is 11.6. The average Bonchev–Trinajstić information content (AvgIpc) is 3.26. The van der Waals surface area contributed by atoms with Gasteiger partial charge in [0.1, 0.15) is 11.5 Å². The summed E-state index contributed by atoms with van der Waals surface area (Å²) in [6, 6.07) is 5.22. The van der Waals surface area contributed by atoms with Crippen LogP contribution in [0, 0.1) is 0 Å². The summed E-state index contributed by atoms with van der Waals surface area (Å²) >= 11 is 0. The van der Waals surface area contributed by atoms with Crippen molar-refractivity contribution in [3.8, 4) is 22.8 Å². The largest absolute Gasteiger partial charge is 0.453 e. The summed E-state index contributed by atoms with van der Waals surface area (Å²) in [6.07, 6.45) is -3.14. The van der Waals surface area contributed by atoms with Gasteiger partial charge in [0.2, 0.25) is 6.20 Å². The van der Waals surface area contributed by atoms with Crippen molar-refractivity contribution in [2.24, 2.45) is 7.05 Å². The van der Waals surface area contributed by atoms with Gasteiger partial charge in [-0.3, -0.25) is 9.88 Å². The number of ether oxygens (including phenoxy) is 2. The zero-order chi connectivity index (χ0) is 32.2. The van der Waals surface area contributed by atoms with Crippen molar-refractivity contribution < 1.29 is 80.5 Å². The third-order valence-corrected chi connectivity index (χ3v) is 5.72. The molecule has 0 aliphatic carbocycles. The zero-order valence-electron chi connectivity index (χ0n) is 21.6. The van der Waals surface area contributed by atoms with Crippen LogP contribution in [0.2, 0.25) is 0 Å². The number of aryl methyl sites for hydroxylation is 1. The quantitative estimate of drug-likeness (QED) is 0.0586. The number of aromatic amines is 1. The lowest BCUT2D eigenvalue weighted by Crippen LogP contribution is -2.73. The molecule has 0 atom stereocenters. The molecule has 0 fully saturated rings. The molecule has 4 aromatic rings. The molecule has 2 aromatic carbocycles. The summed E-state index contributed by atoms with van der Waals surface area (Å²) in [7, 11) is 1.70. The Balaban J connectivity index is 1.99. The first kappa shape index (κ1) is 31.8. The minimum Gasteiger partial charge on any atom is -0.417 e. The summed E-state index contributed by atoms with van der Waals surface area (Å²) in [5.74, 6) is -15.5. The van der Waals surface area contributed by atoms with Crippen LogP contribution < -0.4 is 19.1 Å². The molecule has 0 radical (unpaired) electrons. The lowest BCUT2D eigenvalue weighted by Gasteiger charge is -2.45. The molecule has 20 heteroatoms. The standard InChI is InChI=1S/C23H25N5O15/c1-27-10-11(8-25-27)18-9-24-16-3-2-12(6-17(16)26-18)28(20(31,32)19(29,30)21(33,34)35)13-4-14(42-22(36,37)38)7-15(5-13)43-23(39,40)41/h2-10,29-41H,1H3/p+1. The van der Waals surface area contributed by atoms with E-state index in [9.17, 15) is 66.4 Å². The fraction of sp³-hybridized carbons (Fsp3) is 0.261. The Kier molecular flexibility index (Phi) is 7.80. The number of aliphatic hydroxyl groups is 13. The van der Waals surface area contributed by atoms with Crippen LogP contribution in [0.3, 0.4) is 0 Å².